The number of nitrogens with one attached hydrogen (secondary N) is 3. The third kappa shape index (κ3) is 10.1. The van der Waals surface area contributed by atoms with E-state index in [-0.39, 0.29) is 36.4 Å². The second kappa shape index (κ2) is 14.4. The Morgan fingerprint density at radius 3 is 2.38 bits per heavy atom. The molecule has 2 aromatic rings. The van der Waals surface area contributed by atoms with E-state index in [0.29, 0.717) is 12.5 Å². The molecule has 0 fully saturated rings. The van der Waals surface area contributed by atoms with E-state index in [4.69, 9.17) is 16.3 Å². The zero-order valence-electron chi connectivity index (χ0n) is 16.4. The smallest absolute Gasteiger partial charge is 0.239 e. The predicted octanol–water partition coefficient (Wildman–Crippen LogP) is 3.54. The van der Waals surface area contributed by atoms with Gasteiger partial charge in [-0.1, -0.05) is 23.7 Å². The fourth-order valence-electron chi connectivity index (χ4n) is 2.26. The molecule has 0 aliphatic carbocycles. The highest BCUT2D eigenvalue weighted by Gasteiger charge is 2.04. The average Bonchev–Trinajstić information content (AvgIpc) is 2.73. The number of hydrogen-bond acceptors (Lipinski definition) is 4. The minimum absolute atomic E-state index is 0. The molecule has 3 N–H and O–H groups in total. The van der Waals surface area contributed by atoms with E-state index in [1.807, 2.05) is 48.5 Å². The Hall–Kier alpha value is -1.65. The lowest BCUT2D eigenvalue weighted by molar-refractivity contribution is -0.120. The van der Waals surface area contributed by atoms with Gasteiger partial charge in [-0.15, -0.1) is 35.7 Å². The van der Waals surface area contributed by atoms with Gasteiger partial charge in [-0.25, -0.2) is 0 Å². The molecular weight excluding hydrogens is 523 g/mol. The highest BCUT2D eigenvalue weighted by Crippen LogP contribution is 2.19. The van der Waals surface area contributed by atoms with Crippen molar-refractivity contribution in [1.82, 2.24) is 16.0 Å². The molecule has 0 atom stereocenters. The summed E-state index contributed by atoms with van der Waals surface area (Å²) in [6.45, 7) is 1.34. The van der Waals surface area contributed by atoms with Crippen LogP contribution in [0.5, 0.6) is 5.75 Å². The lowest BCUT2D eigenvalue weighted by atomic mass is 10.2. The molecule has 0 radical (unpaired) electrons. The van der Waals surface area contributed by atoms with E-state index >= 15 is 0 Å². The molecular formula is C20H26ClIN4O2S. The Kier molecular flexibility index (Phi) is 12.6. The van der Waals surface area contributed by atoms with Gasteiger partial charge < -0.3 is 20.7 Å². The van der Waals surface area contributed by atoms with Crippen LogP contribution in [0, 0.1) is 0 Å². The number of hydrogen-bond donors (Lipinski definition) is 3. The van der Waals surface area contributed by atoms with Crippen molar-refractivity contribution in [2.45, 2.75) is 11.4 Å². The molecule has 158 valence electrons. The van der Waals surface area contributed by atoms with Gasteiger partial charge in [-0.2, -0.15) is 0 Å². The molecule has 0 unspecified atom stereocenters. The Labute approximate surface area is 198 Å². The summed E-state index contributed by atoms with van der Waals surface area (Å²) >= 11 is 7.60. The number of rotatable bonds is 9. The molecule has 0 aliphatic rings. The third-order valence-electron chi connectivity index (χ3n) is 3.77. The first-order valence-corrected chi connectivity index (χ1v) is 10.2. The fourth-order valence-corrected chi connectivity index (χ4v) is 3.15. The maximum atomic E-state index is 12.0. The van der Waals surface area contributed by atoms with Crippen LogP contribution in [0.4, 0.5) is 0 Å². The molecule has 0 bridgehead atoms. The van der Waals surface area contributed by atoms with Crippen LogP contribution in [0.15, 0.2) is 58.4 Å². The number of carbonyl (C=O) groups is 1. The normalized spacial score (nSPS) is 10.7. The zero-order valence-corrected chi connectivity index (χ0v) is 20.3. The summed E-state index contributed by atoms with van der Waals surface area (Å²) in [6, 6.07) is 15.3. The largest absolute Gasteiger partial charge is 0.497 e. The number of nitrogens with zero attached hydrogens (tertiary/aromatic N) is 1. The number of amides is 1. The zero-order chi connectivity index (χ0) is 20.2. The van der Waals surface area contributed by atoms with Crippen LogP contribution in [0.2, 0.25) is 5.02 Å². The molecule has 0 heterocycles. The first kappa shape index (κ1) is 25.4. The summed E-state index contributed by atoms with van der Waals surface area (Å²) < 4.78 is 5.12. The minimum atomic E-state index is -0.102. The molecule has 0 saturated heterocycles. The topological polar surface area (TPSA) is 74.8 Å². The van der Waals surface area contributed by atoms with Crippen molar-refractivity contribution in [3.05, 3.63) is 59.1 Å². The summed E-state index contributed by atoms with van der Waals surface area (Å²) in [5.74, 6) is 2.15. The number of benzene rings is 2. The number of methoxy groups -OCH3 is 1. The van der Waals surface area contributed by atoms with Gasteiger partial charge in [0.15, 0.2) is 5.96 Å². The number of aliphatic imine (C=N–C) groups is 1. The van der Waals surface area contributed by atoms with Crippen molar-refractivity contribution in [1.29, 1.82) is 0 Å². The van der Waals surface area contributed by atoms with E-state index in [0.717, 1.165) is 33.5 Å². The molecule has 0 aromatic heterocycles. The van der Waals surface area contributed by atoms with Gasteiger partial charge in [0.05, 0.1) is 13.7 Å². The van der Waals surface area contributed by atoms with Crippen LogP contribution in [0.3, 0.4) is 0 Å². The molecule has 6 nitrogen and oxygen atoms in total. The van der Waals surface area contributed by atoms with Crippen LogP contribution in [-0.2, 0) is 11.3 Å². The van der Waals surface area contributed by atoms with Crippen molar-refractivity contribution in [2.24, 2.45) is 4.99 Å². The molecule has 2 rings (SSSR count). The molecule has 0 saturated carbocycles. The Bertz CT molecular complexity index is 773. The molecule has 0 aliphatic heterocycles. The van der Waals surface area contributed by atoms with Crippen molar-refractivity contribution < 1.29 is 9.53 Å². The first-order valence-electron chi connectivity index (χ1n) is 8.83. The maximum Gasteiger partial charge on any atom is 0.239 e. The number of carbonyl (C=O) groups excluding carboxylic acids is 1. The van der Waals surface area contributed by atoms with Crippen LogP contribution in [-0.4, -0.2) is 44.9 Å². The van der Waals surface area contributed by atoms with E-state index in [9.17, 15) is 4.79 Å². The van der Waals surface area contributed by atoms with Gasteiger partial charge in [0, 0.05) is 35.8 Å². The van der Waals surface area contributed by atoms with Gasteiger partial charge >= 0.3 is 0 Å². The summed E-state index contributed by atoms with van der Waals surface area (Å²) in [7, 11) is 3.30. The quantitative estimate of drug-likeness (QED) is 0.147. The Balaban J connectivity index is 0.00000420. The SMILES string of the molecule is CN=C(NCCSc1ccc(Cl)cc1)NCC(=O)NCc1ccc(OC)cc1.I. The predicted molar refractivity (Wildman–Crippen MR) is 132 cm³/mol. The molecule has 9 heteroatoms. The van der Waals surface area contributed by atoms with E-state index in [1.165, 1.54) is 0 Å². The monoisotopic (exact) mass is 548 g/mol. The summed E-state index contributed by atoms with van der Waals surface area (Å²) in [6.07, 6.45) is 0. The second-order valence-corrected chi connectivity index (χ2v) is 7.38. The van der Waals surface area contributed by atoms with Crippen molar-refractivity contribution in [3.8, 4) is 5.75 Å². The van der Waals surface area contributed by atoms with Crippen LogP contribution < -0.4 is 20.7 Å². The highest BCUT2D eigenvalue weighted by atomic mass is 127. The fraction of sp³-hybridized carbons (Fsp3) is 0.300. The molecule has 29 heavy (non-hydrogen) atoms. The standard InChI is InChI=1S/C20H25ClN4O2S.HI/c1-22-20(23-11-12-28-18-9-5-16(21)6-10-18)25-14-19(26)24-13-15-3-7-17(27-2)8-4-15;/h3-10H,11-14H2,1-2H3,(H,24,26)(H2,22,23,25);1H. The first-order chi connectivity index (χ1) is 13.6. The number of guanidine groups is 1. The molecule has 1 amide bonds. The van der Waals surface area contributed by atoms with Crippen LogP contribution in [0.1, 0.15) is 5.56 Å². The minimum Gasteiger partial charge on any atom is -0.497 e. The van der Waals surface area contributed by atoms with E-state index in [2.05, 4.69) is 20.9 Å². The van der Waals surface area contributed by atoms with Gasteiger partial charge in [0.2, 0.25) is 5.91 Å². The maximum absolute atomic E-state index is 12.0. The lowest BCUT2D eigenvalue weighted by Gasteiger charge is -2.12. The molecule has 2 aromatic carbocycles. The number of halogens is 2. The van der Waals surface area contributed by atoms with E-state index < -0.39 is 0 Å². The third-order valence-corrected chi connectivity index (χ3v) is 5.03. The highest BCUT2D eigenvalue weighted by molar-refractivity contribution is 14.0. The van der Waals surface area contributed by atoms with Crippen molar-refractivity contribution >= 4 is 59.2 Å². The van der Waals surface area contributed by atoms with E-state index in [1.54, 1.807) is 25.9 Å². The molecule has 0 spiro atoms. The van der Waals surface area contributed by atoms with Crippen molar-refractivity contribution in [3.63, 3.8) is 0 Å². The van der Waals surface area contributed by atoms with Crippen LogP contribution in [0.25, 0.3) is 0 Å². The van der Waals surface area contributed by atoms with Crippen molar-refractivity contribution in [2.75, 3.05) is 33.0 Å². The van der Waals surface area contributed by atoms with Crippen LogP contribution >= 0.6 is 47.3 Å². The summed E-state index contributed by atoms with van der Waals surface area (Å²) in [5.41, 5.74) is 1.01. The Morgan fingerprint density at radius 1 is 1.07 bits per heavy atom. The summed E-state index contributed by atoms with van der Waals surface area (Å²) in [5, 5.41) is 9.80. The second-order valence-electron chi connectivity index (χ2n) is 5.78. The summed E-state index contributed by atoms with van der Waals surface area (Å²) in [4.78, 5) is 17.3. The average molecular weight is 549 g/mol. The van der Waals surface area contributed by atoms with Gasteiger partial charge in [0.1, 0.15) is 5.75 Å². The van der Waals surface area contributed by atoms with Gasteiger partial charge in [0.25, 0.3) is 0 Å². The number of ether oxygens (including phenoxy) is 1. The lowest BCUT2D eigenvalue weighted by Crippen LogP contribution is -2.43. The van der Waals surface area contributed by atoms with Gasteiger partial charge in [-0.05, 0) is 42.0 Å². The Morgan fingerprint density at radius 2 is 1.76 bits per heavy atom. The number of thioether (sulfide) groups is 1. The van der Waals surface area contributed by atoms with Gasteiger partial charge in [-0.3, -0.25) is 9.79 Å².